The molecule has 0 unspecified atom stereocenters. The van der Waals surface area contributed by atoms with Gasteiger partial charge in [-0.2, -0.15) is 5.10 Å². The Kier molecular flexibility index (Phi) is 5.14. The summed E-state index contributed by atoms with van der Waals surface area (Å²) >= 11 is 0. The number of aromatic nitrogens is 2. The van der Waals surface area contributed by atoms with Gasteiger partial charge in [0.2, 0.25) is 0 Å². The van der Waals surface area contributed by atoms with E-state index in [2.05, 4.69) is 15.3 Å². The maximum Gasteiger partial charge on any atom is 0.327 e. The molecule has 1 aliphatic heterocycles. The Bertz CT molecular complexity index is 464. The molecule has 6 heteroatoms. The summed E-state index contributed by atoms with van der Waals surface area (Å²) in [4.78, 5) is 14.0. The average Bonchev–Trinajstić information content (AvgIpc) is 2.68. The van der Waals surface area contributed by atoms with E-state index in [1.54, 1.807) is 4.68 Å². The lowest BCUT2D eigenvalue weighted by Gasteiger charge is -2.27. The van der Waals surface area contributed by atoms with Crippen molar-refractivity contribution in [2.24, 2.45) is 0 Å². The fraction of sp³-hybridized carbons (Fsp3) is 0.714. The Hall–Kier alpha value is -1.40. The molecule has 0 amide bonds. The molecule has 20 heavy (non-hydrogen) atoms. The largest absolute Gasteiger partial charge is 0.465 e. The summed E-state index contributed by atoms with van der Waals surface area (Å²) in [5, 5.41) is 7.82. The van der Waals surface area contributed by atoms with E-state index in [4.69, 9.17) is 4.74 Å². The third kappa shape index (κ3) is 3.58. The number of hydrogen-bond donors (Lipinski definition) is 1. The summed E-state index contributed by atoms with van der Waals surface area (Å²) in [7, 11) is 0. The van der Waals surface area contributed by atoms with Gasteiger partial charge in [-0.3, -0.25) is 14.4 Å². The highest BCUT2D eigenvalue weighted by Gasteiger charge is 2.18. The summed E-state index contributed by atoms with van der Waals surface area (Å²) in [5.41, 5.74) is 3.30. The Labute approximate surface area is 120 Å². The van der Waals surface area contributed by atoms with Gasteiger partial charge in [-0.25, -0.2) is 0 Å². The minimum atomic E-state index is -0.230. The van der Waals surface area contributed by atoms with E-state index in [-0.39, 0.29) is 12.5 Å². The highest BCUT2D eigenvalue weighted by Crippen LogP contribution is 2.16. The van der Waals surface area contributed by atoms with Gasteiger partial charge in [0.1, 0.15) is 6.54 Å². The van der Waals surface area contributed by atoms with E-state index in [1.807, 2.05) is 20.8 Å². The third-order valence-electron chi connectivity index (χ3n) is 3.71. The number of carbonyl (C=O) groups is 1. The average molecular weight is 280 g/mol. The van der Waals surface area contributed by atoms with Crippen molar-refractivity contribution in [3.05, 3.63) is 17.0 Å². The van der Waals surface area contributed by atoms with Gasteiger partial charge in [-0.15, -0.1) is 0 Å². The first kappa shape index (κ1) is 15.0. The quantitative estimate of drug-likeness (QED) is 0.795. The highest BCUT2D eigenvalue weighted by atomic mass is 16.5. The van der Waals surface area contributed by atoms with Gasteiger partial charge in [0.25, 0.3) is 0 Å². The summed E-state index contributed by atoms with van der Waals surface area (Å²) < 4.78 is 6.74. The second-order valence-corrected chi connectivity index (χ2v) is 5.14. The molecule has 0 bridgehead atoms. The number of nitrogens with one attached hydrogen (secondary N) is 1. The molecule has 2 heterocycles. The Balaban J connectivity index is 2.05. The van der Waals surface area contributed by atoms with E-state index in [9.17, 15) is 4.79 Å². The van der Waals surface area contributed by atoms with Gasteiger partial charge in [-0.1, -0.05) is 0 Å². The molecule has 1 aromatic heterocycles. The van der Waals surface area contributed by atoms with Crippen LogP contribution in [0, 0.1) is 13.8 Å². The Morgan fingerprint density at radius 3 is 2.70 bits per heavy atom. The zero-order valence-electron chi connectivity index (χ0n) is 12.6. The molecule has 0 radical (unpaired) electrons. The zero-order chi connectivity index (χ0) is 14.5. The van der Waals surface area contributed by atoms with E-state index in [0.29, 0.717) is 6.61 Å². The normalized spacial score (nSPS) is 16.4. The van der Waals surface area contributed by atoms with Crippen LogP contribution >= 0.6 is 0 Å². The smallest absolute Gasteiger partial charge is 0.327 e. The SMILES string of the molecule is CCOC(=O)Cn1nc(C)c(CN2CCNCC2)c1C. The molecule has 1 aliphatic rings. The first-order chi connectivity index (χ1) is 9.61. The second-order valence-electron chi connectivity index (χ2n) is 5.14. The van der Waals surface area contributed by atoms with Crippen molar-refractivity contribution in [2.75, 3.05) is 32.8 Å². The lowest BCUT2D eigenvalue weighted by molar-refractivity contribution is -0.144. The van der Waals surface area contributed by atoms with Gasteiger partial charge in [0.15, 0.2) is 0 Å². The lowest BCUT2D eigenvalue weighted by atomic mass is 10.1. The summed E-state index contributed by atoms with van der Waals surface area (Å²) in [6, 6.07) is 0. The van der Waals surface area contributed by atoms with Crippen molar-refractivity contribution >= 4 is 5.97 Å². The second kappa shape index (κ2) is 6.85. The number of piperazine rings is 1. The standard InChI is InChI=1S/C14H24N4O2/c1-4-20-14(19)10-18-12(3)13(11(2)16-18)9-17-7-5-15-6-8-17/h15H,4-10H2,1-3H3. The third-order valence-corrected chi connectivity index (χ3v) is 3.71. The summed E-state index contributed by atoms with van der Waals surface area (Å²) in [5.74, 6) is -0.230. The fourth-order valence-electron chi connectivity index (χ4n) is 2.54. The predicted molar refractivity (Wildman–Crippen MR) is 76.5 cm³/mol. The minimum Gasteiger partial charge on any atom is -0.465 e. The van der Waals surface area contributed by atoms with E-state index in [1.165, 1.54) is 5.56 Å². The molecule has 1 saturated heterocycles. The van der Waals surface area contributed by atoms with Gasteiger partial charge in [0.05, 0.1) is 12.3 Å². The minimum absolute atomic E-state index is 0.196. The van der Waals surface area contributed by atoms with Crippen molar-refractivity contribution in [2.45, 2.75) is 33.9 Å². The molecule has 1 fully saturated rings. The summed E-state index contributed by atoms with van der Waals surface area (Å²) in [6.07, 6.45) is 0. The maximum absolute atomic E-state index is 11.6. The number of aryl methyl sites for hydroxylation is 1. The number of carbonyl (C=O) groups excluding carboxylic acids is 1. The first-order valence-electron chi connectivity index (χ1n) is 7.23. The fourth-order valence-corrected chi connectivity index (χ4v) is 2.54. The van der Waals surface area contributed by atoms with Crippen LogP contribution < -0.4 is 5.32 Å². The van der Waals surface area contributed by atoms with E-state index < -0.39 is 0 Å². The van der Waals surface area contributed by atoms with Gasteiger partial charge >= 0.3 is 5.97 Å². The van der Waals surface area contributed by atoms with Crippen LogP contribution in [0.15, 0.2) is 0 Å². The highest BCUT2D eigenvalue weighted by molar-refractivity contribution is 5.69. The predicted octanol–water partition coefficient (Wildman–Crippen LogP) is 0.468. The van der Waals surface area contributed by atoms with Crippen LogP contribution in [0.5, 0.6) is 0 Å². The zero-order valence-corrected chi connectivity index (χ0v) is 12.6. The maximum atomic E-state index is 11.6. The molecule has 1 N–H and O–H groups in total. The topological polar surface area (TPSA) is 59.4 Å². The monoisotopic (exact) mass is 280 g/mol. The number of nitrogens with zero attached hydrogens (tertiary/aromatic N) is 3. The number of ether oxygens (including phenoxy) is 1. The van der Waals surface area contributed by atoms with E-state index >= 15 is 0 Å². The molecule has 112 valence electrons. The van der Waals surface area contributed by atoms with Gasteiger partial charge in [-0.05, 0) is 20.8 Å². The molecule has 0 spiro atoms. The number of esters is 1. The van der Waals surface area contributed by atoms with Crippen LogP contribution in [-0.4, -0.2) is 53.4 Å². The molecular weight excluding hydrogens is 256 g/mol. The number of hydrogen-bond acceptors (Lipinski definition) is 5. The van der Waals surface area contributed by atoms with Crippen molar-refractivity contribution in [3.63, 3.8) is 0 Å². The molecule has 6 nitrogen and oxygen atoms in total. The van der Waals surface area contributed by atoms with Crippen LogP contribution in [0.25, 0.3) is 0 Å². The van der Waals surface area contributed by atoms with Crippen LogP contribution in [0.1, 0.15) is 23.9 Å². The van der Waals surface area contributed by atoms with Crippen molar-refractivity contribution in [3.8, 4) is 0 Å². The Morgan fingerprint density at radius 1 is 1.35 bits per heavy atom. The molecular formula is C14H24N4O2. The van der Waals surface area contributed by atoms with Gasteiger partial charge in [0, 0.05) is 44.0 Å². The molecule has 1 aromatic rings. The van der Waals surface area contributed by atoms with Crippen molar-refractivity contribution < 1.29 is 9.53 Å². The van der Waals surface area contributed by atoms with Crippen LogP contribution in [-0.2, 0) is 22.6 Å². The first-order valence-corrected chi connectivity index (χ1v) is 7.23. The van der Waals surface area contributed by atoms with Crippen LogP contribution in [0.2, 0.25) is 0 Å². The Morgan fingerprint density at radius 2 is 2.05 bits per heavy atom. The van der Waals surface area contributed by atoms with Crippen LogP contribution in [0.3, 0.4) is 0 Å². The number of rotatable bonds is 5. The van der Waals surface area contributed by atoms with Crippen molar-refractivity contribution in [1.82, 2.24) is 20.0 Å². The van der Waals surface area contributed by atoms with Crippen molar-refractivity contribution in [1.29, 1.82) is 0 Å². The lowest BCUT2D eigenvalue weighted by Crippen LogP contribution is -2.43. The molecule has 0 atom stereocenters. The summed E-state index contributed by atoms with van der Waals surface area (Å²) in [6.45, 7) is 11.5. The molecule has 2 rings (SSSR count). The molecule has 0 aromatic carbocycles. The van der Waals surface area contributed by atoms with E-state index in [0.717, 1.165) is 44.1 Å². The van der Waals surface area contributed by atoms with Gasteiger partial charge < -0.3 is 10.1 Å². The molecule has 0 aliphatic carbocycles. The van der Waals surface area contributed by atoms with Crippen LogP contribution in [0.4, 0.5) is 0 Å². The molecule has 0 saturated carbocycles.